The third kappa shape index (κ3) is 2.12. The van der Waals surface area contributed by atoms with Gasteiger partial charge in [0.1, 0.15) is 11.9 Å². The van der Waals surface area contributed by atoms with Gasteiger partial charge in [-0.05, 0) is 43.2 Å². The number of benzene rings is 1. The minimum absolute atomic E-state index is 0.632. The van der Waals surface area contributed by atoms with Crippen LogP contribution in [0.5, 0.6) is 5.75 Å². The summed E-state index contributed by atoms with van der Waals surface area (Å²) in [7, 11) is 0. The quantitative estimate of drug-likeness (QED) is 0.918. The van der Waals surface area contributed by atoms with Crippen LogP contribution in [0.25, 0.3) is 0 Å². The molecule has 0 radical (unpaired) electrons. The molecule has 1 aromatic heterocycles. The standard InChI is InChI=1S/C15H18N2O2/c1-3-17-13(8-10(2)16-17)15(18)12-4-5-14-11(9-12)6-7-19-14/h4-5,8-9,15,18H,3,6-7H2,1-2H3. The van der Waals surface area contributed by atoms with E-state index in [1.165, 1.54) is 5.56 Å². The predicted molar refractivity (Wildman–Crippen MR) is 72.3 cm³/mol. The Morgan fingerprint density at radius 3 is 3.05 bits per heavy atom. The van der Waals surface area contributed by atoms with E-state index < -0.39 is 6.10 Å². The van der Waals surface area contributed by atoms with E-state index in [-0.39, 0.29) is 0 Å². The van der Waals surface area contributed by atoms with Crippen LogP contribution in [0.4, 0.5) is 0 Å². The molecule has 0 aliphatic carbocycles. The molecule has 2 heterocycles. The number of aliphatic hydroxyl groups is 1. The molecule has 0 fully saturated rings. The highest BCUT2D eigenvalue weighted by Crippen LogP contribution is 2.30. The molecule has 0 saturated heterocycles. The summed E-state index contributed by atoms with van der Waals surface area (Å²) < 4.78 is 7.34. The van der Waals surface area contributed by atoms with E-state index in [1.807, 2.05) is 42.8 Å². The van der Waals surface area contributed by atoms with Crippen molar-refractivity contribution >= 4 is 0 Å². The Hall–Kier alpha value is -1.81. The molecule has 100 valence electrons. The lowest BCUT2D eigenvalue weighted by atomic mass is 10.0. The molecular formula is C15H18N2O2. The van der Waals surface area contributed by atoms with Crippen LogP contribution in [0.3, 0.4) is 0 Å². The largest absolute Gasteiger partial charge is 0.493 e. The lowest BCUT2D eigenvalue weighted by Gasteiger charge is -2.13. The summed E-state index contributed by atoms with van der Waals surface area (Å²) in [5.74, 6) is 0.941. The Bertz CT molecular complexity index is 604. The predicted octanol–water partition coefficient (Wildman–Crippen LogP) is 2.23. The van der Waals surface area contributed by atoms with Gasteiger partial charge >= 0.3 is 0 Å². The number of aryl methyl sites for hydroxylation is 2. The zero-order chi connectivity index (χ0) is 13.4. The highest BCUT2D eigenvalue weighted by molar-refractivity contribution is 5.42. The van der Waals surface area contributed by atoms with Gasteiger partial charge in [-0.15, -0.1) is 0 Å². The van der Waals surface area contributed by atoms with Gasteiger partial charge in [-0.1, -0.05) is 6.07 Å². The van der Waals surface area contributed by atoms with Crippen molar-refractivity contribution in [1.29, 1.82) is 0 Å². The van der Waals surface area contributed by atoms with Crippen molar-refractivity contribution in [3.63, 3.8) is 0 Å². The molecule has 0 saturated carbocycles. The molecular weight excluding hydrogens is 240 g/mol. The number of hydrogen-bond acceptors (Lipinski definition) is 3. The molecule has 2 aromatic rings. The van der Waals surface area contributed by atoms with Crippen LogP contribution in [-0.4, -0.2) is 21.5 Å². The Balaban J connectivity index is 1.97. The maximum absolute atomic E-state index is 10.5. The van der Waals surface area contributed by atoms with Crippen molar-refractivity contribution in [2.75, 3.05) is 6.61 Å². The summed E-state index contributed by atoms with van der Waals surface area (Å²) in [4.78, 5) is 0. The fourth-order valence-corrected chi connectivity index (χ4v) is 2.59. The molecule has 4 nitrogen and oxygen atoms in total. The summed E-state index contributed by atoms with van der Waals surface area (Å²) in [5, 5.41) is 14.9. The monoisotopic (exact) mass is 258 g/mol. The molecule has 3 rings (SSSR count). The van der Waals surface area contributed by atoms with E-state index in [1.54, 1.807) is 0 Å². The van der Waals surface area contributed by atoms with Gasteiger partial charge in [0.2, 0.25) is 0 Å². The molecule has 1 aliphatic rings. The molecule has 1 aliphatic heterocycles. The van der Waals surface area contributed by atoms with Crippen molar-refractivity contribution < 1.29 is 9.84 Å². The summed E-state index contributed by atoms with van der Waals surface area (Å²) in [6.07, 6.45) is 0.286. The third-order valence-corrected chi connectivity index (χ3v) is 3.54. The van der Waals surface area contributed by atoms with Crippen molar-refractivity contribution in [1.82, 2.24) is 9.78 Å². The average molecular weight is 258 g/mol. The summed E-state index contributed by atoms with van der Waals surface area (Å²) in [5.41, 5.74) is 3.86. The zero-order valence-electron chi connectivity index (χ0n) is 11.3. The van der Waals surface area contributed by atoms with E-state index >= 15 is 0 Å². The lowest BCUT2D eigenvalue weighted by Crippen LogP contribution is -2.09. The molecule has 19 heavy (non-hydrogen) atoms. The minimum atomic E-state index is -0.632. The van der Waals surface area contributed by atoms with E-state index in [0.717, 1.165) is 42.3 Å². The third-order valence-electron chi connectivity index (χ3n) is 3.54. The number of nitrogens with zero attached hydrogens (tertiary/aromatic N) is 2. The van der Waals surface area contributed by atoms with Crippen molar-refractivity contribution in [2.45, 2.75) is 32.9 Å². The van der Waals surface area contributed by atoms with E-state index in [2.05, 4.69) is 5.10 Å². The Morgan fingerprint density at radius 2 is 2.26 bits per heavy atom. The Kier molecular flexibility index (Phi) is 3.03. The van der Waals surface area contributed by atoms with Gasteiger partial charge in [0.15, 0.2) is 0 Å². The van der Waals surface area contributed by atoms with Crippen molar-refractivity contribution in [3.8, 4) is 5.75 Å². The van der Waals surface area contributed by atoms with Crippen LogP contribution in [-0.2, 0) is 13.0 Å². The molecule has 1 N–H and O–H groups in total. The summed E-state index contributed by atoms with van der Waals surface area (Å²) in [6, 6.07) is 7.85. The number of ether oxygens (including phenoxy) is 1. The number of aliphatic hydroxyl groups excluding tert-OH is 1. The second kappa shape index (κ2) is 4.70. The van der Waals surface area contributed by atoms with Gasteiger partial charge < -0.3 is 9.84 Å². The molecule has 1 atom stereocenters. The fraction of sp³-hybridized carbons (Fsp3) is 0.400. The first kappa shape index (κ1) is 12.2. The summed E-state index contributed by atoms with van der Waals surface area (Å²) >= 11 is 0. The molecule has 0 bridgehead atoms. The Labute approximate surface area is 112 Å². The van der Waals surface area contributed by atoms with Crippen LogP contribution >= 0.6 is 0 Å². The maximum atomic E-state index is 10.5. The molecule has 4 heteroatoms. The second-order valence-electron chi connectivity index (χ2n) is 4.89. The van der Waals surface area contributed by atoms with E-state index in [9.17, 15) is 5.11 Å². The average Bonchev–Trinajstić information content (AvgIpc) is 3.02. The lowest BCUT2D eigenvalue weighted by molar-refractivity contribution is 0.208. The first-order chi connectivity index (χ1) is 9.19. The van der Waals surface area contributed by atoms with Crippen LogP contribution in [0.15, 0.2) is 24.3 Å². The highest BCUT2D eigenvalue weighted by atomic mass is 16.5. The van der Waals surface area contributed by atoms with Gasteiger partial charge in [0, 0.05) is 13.0 Å². The van der Waals surface area contributed by atoms with Gasteiger partial charge in [0.25, 0.3) is 0 Å². The highest BCUT2D eigenvalue weighted by Gasteiger charge is 2.19. The van der Waals surface area contributed by atoms with E-state index in [4.69, 9.17) is 4.74 Å². The SMILES string of the molecule is CCn1nc(C)cc1C(O)c1ccc2c(c1)CCO2. The normalized spacial score (nSPS) is 15.1. The van der Waals surface area contributed by atoms with Crippen LogP contribution in [0, 0.1) is 6.92 Å². The second-order valence-corrected chi connectivity index (χ2v) is 4.89. The van der Waals surface area contributed by atoms with Crippen LogP contribution in [0.2, 0.25) is 0 Å². The molecule has 0 amide bonds. The zero-order valence-corrected chi connectivity index (χ0v) is 11.3. The minimum Gasteiger partial charge on any atom is -0.493 e. The molecule has 1 aromatic carbocycles. The van der Waals surface area contributed by atoms with Crippen molar-refractivity contribution in [3.05, 3.63) is 46.8 Å². The smallest absolute Gasteiger partial charge is 0.122 e. The number of rotatable bonds is 3. The van der Waals surface area contributed by atoms with Crippen LogP contribution in [0.1, 0.15) is 35.5 Å². The summed E-state index contributed by atoms with van der Waals surface area (Å²) in [6.45, 7) is 5.47. The van der Waals surface area contributed by atoms with Crippen LogP contribution < -0.4 is 4.74 Å². The topological polar surface area (TPSA) is 47.3 Å². The fourth-order valence-electron chi connectivity index (χ4n) is 2.59. The molecule has 0 spiro atoms. The van der Waals surface area contributed by atoms with Gasteiger partial charge in [-0.2, -0.15) is 5.10 Å². The number of aromatic nitrogens is 2. The van der Waals surface area contributed by atoms with E-state index in [0.29, 0.717) is 0 Å². The van der Waals surface area contributed by atoms with Gasteiger partial charge in [0.05, 0.1) is 18.0 Å². The first-order valence-electron chi connectivity index (χ1n) is 6.67. The maximum Gasteiger partial charge on any atom is 0.122 e. The number of hydrogen-bond donors (Lipinski definition) is 1. The van der Waals surface area contributed by atoms with Crippen molar-refractivity contribution in [2.24, 2.45) is 0 Å². The molecule has 1 unspecified atom stereocenters. The first-order valence-corrected chi connectivity index (χ1v) is 6.67. The van der Waals surface area contributed by atoms with Gasteiger partial charge in [-0.25, -0.2) is 0 Å². The van der Waals surface area contributed by atoms with Gasteiger partial charge in [-0.3, -0.25) is 4.68 Å². The number of fused-ring (bicyclic) bond motifs is 1. The Morgan fingerprint density at radius 1 is 1.42 bits per heavy atom.